The van der Waals surface area contributed by atoms with E-state index in [0.29, 0.717) is 16.9 Å². The van der Waals surface area contributed by atoms with Gasteiger partial charge in [-0.25, -0.2) is 17.9 Å². The first-order valence-corrected chi connectivity index (χ1v) is 8.31. The van der Waals surface area contributed by atoms with Crippen molar-refractivity contribution in [3.05, 3.63) is 57.8 Å². The molecule has 0 amide bonds. The van der Waals surface area contributed by atoms with E-state index < -0.39 is 10.0 Å². The number of aryl methyl sites for hydroxylation is 1. The number of halogens is 2. The Hall–Kier alpha value is -1.44. The van der Waals surface area contributed by atoms with Crippen LogP contribution in [0.15, 0.2) is 45.8 Å². The molecular formula is C14H13BrFNO3S. The van der Waals surface area contributed by atoms with Crippen LogP contribution in [-0.2, 0) is 16.6 Å². The second-order valence-electron chi connectivity index (χ2n) is 4.50. The molecule has 0 radical (unpaired) electrons. The fraction of sp³-hybridized carbons (Fsp3) is 0.143. The van der Waals surface area contributed by atoms with Gasteiger partial charge >= 0.3 is 0 Å². The molecule has 2 N–H and O–H groups in total. The van der Waals surface area contributed by atoms with E-state index in [1.165, 1.54) is 30.3 Å². The van der Waals surface area contributed by atoms with Crippen LogP contribution in [0.2, 0.25) is 0 Å². The van der Waals surface area contributed by atoms with Crippen molar-refractivity contribution in [1.29, 1.82) is 0 Å². The fourth-order valence-corrected chi connectivity index (χ4v) is 2.73. The summed E-state index contributed by atoms with van der Waals surface area (Å²) in [5, 5.41) is 5.06. The quantitative estimate of drug-likeness (QED) is 0.894. The summed E-state index contributed by atoms with van der Waals surface area (Å²) in [7, 11) is -3.73. The zero-order valence-electron chi connectivity index (χ0n) is 11.1. The van der Waals surface area contributed by atoms with E-state index in [1.54, 1.807) is 13.0 Å². The normalized spacial score (nSPS) is 11.4. The average Bonchev–Trinajstić information content (AvgIpc) is 2.40. The van der Waals surface area contributed by atoms with E-state index in [0.717, 1.165) is 4.47 Å². The number of hydrogen-bond donors (Lipinski definition) is 1. The van der Waals surface area contributed by atoms with E-state index in [2.05, 4.69) is 15.9 Å². The number of nitrogens with two attached hydrogens (primary N) is 1. The van der Waals surface area contributed by atoms with Crippen LogP contribution in [0.5, 0.6) is 5.75 Å². The van der Waals surface area contributed by atoms with Gasteiger partial charge in [-0.1, -0.05) is 15.9 Å². The van der Waals surface area contributed by atoms with Crippen LogP contribution < -0.4 is 9.88 Å². The zero-order chi connectivity index (χ0) is 15.6. The topological polar surface area (TPSA) is 69.4 Å². The van der Waals surface area contributed by atoms with Crippen molar-refractivity contribution >= 4 is 26.0 Å². The second-order valence-corrected chi connectivity index (χ2v) is 6.91. The third kappa shape index (κ3) is 4.03. The molecule has 0 saturated carbocycles. The molecule has 2 rings (SSSR count). The highest BCUT2D eigenvalue weighted by Crippen LogP contribution is 2.24. The maximum atomic E-state index is 13.2. The van der Waals surface area contributed by atoms with E-state index in [1.807, 2.05) is 0 Å². The summed E-state index contributed by atoms with van der Waals surface area (Å²) in [4.78, 5) is 0.0271. The maximum absolute atomic E-state index is 13.2. The number of rotatable bonds is 4. The molecule has 0 aromatic heterocycles. The predicted octanol–water partition coefficient (Wildman–Crippen LogP) is 3.12. The molecule has 0 saturated heterocycles. The standard InChI is InChI=1S/C14H13BrFNO3S/c1-9-6-12(21(17,18)19)3-5-14(9)20-8-10-7-11(16)2-4-13(10)15/h2-7H,8H2,1H3,(H2,17,18,19). The fourth-order valence-electron chi connectivity index (χ4n) is 1.77. The summed E-state index contributed by atoms with van der Waals surface area (Å²) in [6.45, 7) is 1.87. The summed E-state index contributed by atoms with van der Waals surface area (Å²) in [5.74, 6) is 0.164. The van der Waals surface area contributed by atoms with Crippen LogP contribution in [0.1, 0.15) is 11.1 Å². The van der Waals surface area contributed by atoms with Gasteiger partial charge in [0.2, 0.25) is 10.0 Å². The Kier molecular flexibility index (Phi) is 4.65. The summed E-state index contributed by atoms with van der Waals surface area (Å²) >= 11 is 3.32. The molecular weight excluding hydrogens is 361 g/mol. The number of hydrogen-bond acceptors (Lipinski definition) is 3. The Labute approximate surface area is 130 Å². The van der Waals surface area contributed by atoms with Crippen molar-refractivity contribution in [2.24, 2.45) is 5.14 Å². The van der Waals surface area contributed by atoms with Gasteiger partial charge in [0, 0.05) is 10.0 Å². The monoisotopic (exact) mass is 373 g/mol. The summed E-state index contributed by atoms with van der Waals surface area (Å²) in [6, 6.07) is 8.66. The van der Waals surface area contributed by atoms with Crippen LogP contribution in [0.3, 0.4) is 0 Å². The van der Waals surface area contributed by atoms with Crippen molar-refractivity contribution < 1.29 is 17.5 Å². The molecule has 2 aromatic carbocycles. The summed E-state index contributed by atoms with van der Waals surface area (Å²) < 4.78 is 42.0. The molecule has 0 aliphatic carbocycles. The second kappa shape index (κ2) is 6.13. The van der Waals surface area contributed by atoms with Gasteiger partial charge in [0.1, 0.15) is 18.2 Å². The van der Waals surface area contributed by atoms with Gasteiger partial charge in [0.25, 0.3) is 0 Å². The molecule has 0 unspecified atom stereocenters. The van der Waals surface area contributed by atoms with Gasteiger partial charge in [-0.15, -0.1) is 0 Å². The first-order valence-electron chi connectivity index (χ1n) is 5.97. The first-order chi connectivity index (χ1) is 9.77. The van der Waals surface area contributed by atoms with Crippen LogP contribution >= 0.6 is 15.9 Å². The Bertz CT molecular complexity index is 778. The number of primary sulfonamides is 1. The summed E-state index contributed by atoms with van der Waals surface area (Å²) in [5.41, 5.74) is 1.29. The zero-order valence-corrected chi connectivity index (χ0v) is 13.5. The highest BCUT2D eigenvalue weighted by atomic mass is 79.9. The molecule has 0 atom stereocenters. The largest absolute Gasteiger partial charge is 0.489 e. The Balaban J connectivity index is 2.19. The molecule has 2 aromatic rings. The number of benzene rings is 2. The van der Waals surface area contributed by atoms with Crippen LogP contribution in [0, 0.1) is 12.7 Å². The van der Waals surface area contributed by atoms with Crippen LogP contribution in [0.4, 0.5) is 4.39 Å². The molecule has 0 bridgehead atoms. The number of ether oxygens (including phenoxy) is 1. The van der Waals surface area contributed by atoms with Gasteiger partial charge < -0.3 is 4.74 Å². The van der Waals surface area contributed by atoms with Gasteiger partial charge in [-0.2, -0.15) is 0 Å². The molecule has 0 aliphatic rings. The third-order valence-electron chi connectivity index (χ3n) is 2.87. The van der Waals surface area contributed by atoms with Crippen molar-refractivity contribution in [3.8, 4) is 5.75 Å². The molecule has 0 aliphatic heterocycles. The van der Waals surface area contributed by atoms with Gasteiger partial charge in [0.15, 0.2) is 0 Å². The summed E-state index contributed by atoms with van der Waals surface area (Å²) in [6.07, 6.45) is 0. The molecule has 0 heterocycles. The highest BCUT2D eigenvalue weighted by molar-refractivity contribution is 9.10. The lowest BCUT2D eigenvalue weighted by atomic mass is 10.2. The first kappa shape index (κ1) is 15.9. The Morgan fingerprint density at radius 1 is 1.24 bits per heavy atom. The van der Waals surface area contributed by atoms with E-state index in [-0.39, 0.29) is 17.3 Å². The molecule has 7 heteroatoms. The SMILES string of the molecule is Cc1cc(S(N)(=O)=O)ccc1OCc1cc(F)ccc1Br. The predicted molar refractivity (Wildman–Crippen MR) is 81.0 cm³/mol. The molecule has 112 valence electrons. The minimum absolute atomic E-state index is 0.0271. The van der Waals surface area contributed by atoms with Gasteiger partial charge in [-0.3, -0.25) is 0 Å². The maximum Gasteiger partial charge on any atom is 0.238 e. The smallest absolute Gasteiger partial charge is 0.238 e. The van der Waals surface area contributed by atoms with E-state index in [4.69, 9.17) is 9.88 Å². The molecule has 4 nitrogen and oxygen atoms in total. The van der Waals surface area contributed by atoms with Crippen molar-refractivity contribution in [2.45, 2.75) is 18.4 Å². The minimum Gasteiger partial charge on any atom is -0.489 e. The average molecular weight is 374 g/mol. The Morgan fingerprint density at radius 3 is 2.57 bits per heavy atom. The molecule has 21 heavy (non-hydrogen) atoms. The van der Waals surface area contributed by atoms with Crippen molar-refractivity contribution in [1.82, 2.24) is 0 Å². The number of sulfonamides is 1. The van der Waals surface area contributed by atoms with Crippen molar-refractivity contribution in [3.63, 3.8) is 0 Å². The lowest BCUT2D eigenvalue weighted by Crippen LogP contribution is -2.12. The lowest BCUT2D eigenvalue weighted by Gasteiger charge is -2.11. The molecule has 0 spiro atoms. The van der Waals surface area contributed by atoms with E-state index in [9.17, 15) is 12.8 Å². The van der Waals surface area contributed by atoms with Crippen LogP contribution in [0.25, 0.3) is 0 Å². The highest BCUT2D eigenvalue weighted by Gasteiger charge is 2.11. The van der Waals surface area contributed by atoms with Gasteiger partial charge in [-0.05, 0) is 48.9 Å². The minimum atomic E-state index is -3.73. The van der Waals surface area contributed by atoms with Gasteiger partial charge in [0.05, 0.1) is 4.90 Å². The molecule has 0 fully saturated rings. The lowest BCUT2D eigenvalue weighted by molar-refractivity contribution is 0.302. The Morgan fingerprint density at radius 2 is 1.95 bits per heavy atom. The van der Waals surface area contributed by atoms with Crippen LogP contribution in [-0.4, -0.2) is 8.42 Å². The third-order valence-corrected chi connectivity index (χ3v) is 4.55. The van der Waals surface area contributed by atoms with E-state index >= 15 is 0 Å². The van der Waals surface area contributed by atoms with Crippen molar-refractivity contribution in [2.75, 3.05) is 0 Å².